The van der Waals surface area contributed by atoms with Gasteiger partial charge in [0.05, 0.1) is 24.9 Å². The molecule has 0 aromatic carbocycles. The van der Waals surface area contributed by atoms with Gasteiger partial charge in [0.25, 0.3) is 0 Å². The molecule has 7 nitrogen and oxygen atoms in total. The van der Waals surface area contributed by atoms with E-state index >= 15 is 0 Å². The highest BCUT2D eigenvalue weighted by Crippen LogP contribution is 2.36. The van der Waals surface area contributed by atoms with Crippen LogP contribution >= 0.6 is 0 Å². The number of ether oxygens (including phenoxy) is 2. The van der Waals surface area contributed by atoms with Gasteiger partial charge in [-0.2, -0.15) is 0 Å². The van der Waals surface area contributed by atoms with Gasteiger partial charge in [0, 0.05) is 46.5 Å². The van der Waals surface area contributed by atoms with Crippen LogP contribution < -0.4 is 0 Å². The molecule has 0 saturated carbocycles. The maximum atomic E-state index is 11.7. The summed E-state index contributed by atoms with van der Waals surface area (Å²) in [5.74, 6) is 1.07. The Bertz CT molecular complexity index is 574. The zero-order valence-corrected chi connectivity index (χ0v) is 14.9. The van der Waals surface area contributed by atoms with E-state index in [4.69, 9.17) is 9.47 Å². The van der Waals surface area contributed by atoms with Crippen LogP contribution in [0.2, 0.25) is 0 Å². The van der Waals surface area contributed by atoms with Gasteiger partial charge < -0.3 is 18.9 Å². The van der Waals surface area contributed by atoms with Gasteiger partial charge in [0.1, 0.15) is 12.4 Å². The van der Waals surface area contributed by atoms with Crippen LogP contribution in [0.5, 0.6) is 0 Å². The fourth-order valence-electron chi connectivity index (χ4n) is 3.59. The summed E-state index contributed by atoms with van der Waals surface area (Å²) in [6.07, 6.45) is 6.88. The van der Waals surface area contributed by atoms with Crippen molar-refractivity contribution in [3.63, 3.8) is 0 Å². The lowest BCUT2D eigenvalue weighted by molar-refractivity contribution is -0.135. The maximum Gasteiger partial charge on any atom is 0.248 e. The average Bonchev–Trinajstić information content (AvgIpc) is 3.12. The smallest absolute Gasteiger partial charge is 0.248 e. The predicted molar refractivity (Wildman–Crippen MR) is 89.5 cm³/mol. The van der Waals surface area contributed by atoms with E-state index in [1.807, 2.05) is 19.4 Å². The molecule has 134 valence electrons. The fourth-order valence-corrected chi connectivity index (χ4v) is 3.59. The molecule has 3 heterocycles. The van der Waals surface area contributed by atoms with Crippen LogP contribution in [0, 0.1) is 0 Å². The highest BCUT2D eigenvalue weighted by molar-refractivity contribution is 5.76. The Balaban J connectivity index is 1.52. The number of likely N-dealkylation sites (tertiary alicyclic amines) is 1. The van der Waals surface area contributed by atoms with E-state index < -0.39 is 0 Å². The normalized spacial score (nSPS) is 27.7. The number of hydrogen-bond donors (Lipinski definition) is 0. The Kier molecular flexibility index (Phi) is 5.22. The third-order valence-electron chi connectivity index (χ3n) is 5.02. The van der Waals surface area contributed by atoms with Crippen molar-refractivity contribution >= 4 is 5.91 Å². The maximum absolute atomic E-state index is 11.7. The SMILES string of the molecule is CN(C)C(=O)CO[C@@H]1CO[C@]2(CCCN(Cc3nccn3C)C2)C1. The highest BCUT2D eigenvalue weighted by Gasteiger charge is 2.44. The third-order valence-corrected chi connectivity index (χ3v) is 5.02. The first kappa shape index (κ1) is 17.4. The van der Waals surface area contributed by atoms with Crippen LogP contribution in [-0.4, -0.2) is 77.4 Å². The average molecular weight is 336 g/mol. The van der Waals surface area contributed by atoms with E-state index in [9.17, 15) is 4.79 Å². The Morgan fingerprint density at radius 2 is 2.38 bits per heavy atom. The van der Waals surface area contributed by atoms with Crippen molar-refractivity contribution in [2.45, 2.75) is 37.5 Å². The van der Waals surface area contributed by atoms with Crippen LogP contribution in [0.4, 0.5) is 0 Å². The molecule has 2 aliphatic rings. The van der Waals surface area contributed by atoms with Gasteiger partial charge in [0.15, 0.2) is 0 Å². The number of nitrogens with zero attached hydrogens (tertiary/aromatic N) is 4. The molecule has 3 rings (SSSR count). The van der Waals surface area contributed by atoms with Crippen molar-refractivity contribution in [3.8, 4) is 0 Å². The fraction of sp³-hybridized carbons (Fsp3) is 0.765. The molecular formula is C17H28N4O3. The van der Waals surface area contributed by atoms with Crippen LogP contribution in [0.3, 0.4) is 0 Å². The topological polar surface area (TPSA) is 59.8 Å². The molecule has 7 heteroatoms. The van der Waals surface area contributed by atoms with E-state index in [-0.39, 0.29) is 24.2 Å². The van der Waals surface area contributed by atoms with Gasteiger partial charge >= 0.3 is 0 Å². The molecular weight excluding hydrogens is 308 g/mol. The summed E-state index contributed by atoms with van der Waals surface area (Å²) in [4.78, 5) is 20.1. The number of likely N-dealkylation sites (N-methyl/N-ethyl adjacent to an activating group) is 1. The Labute approximate surface area is 143 Å². The van der Waals surface area contributed by atoms with Gasteiger partial charge in [-0.1, -0.05) is 0 Å². The van der Waals surface area contributed by atoms with Crippen LogP contribution in [-0.2, 0) is 27.9 Å². The quantitative estimate of drug-likeness (QED) is 0.790. The van der Waals surface area contributed by atoms with Crippen LogP contribution in [0.15, 0.2) is 12.4 Å². The Hall–Kier alpha value is -1.44. The van der Waals surface area contributed by atoms with Crippen molar-refractivity contribution in [2.24, 2.45) is 7.05 Å². The van der Waals surface area contributed by atoms with Crippen LogP contribution in [0.25, 0.3) is 0 Å². The lowest BCUT2D eigenvalue weighted by Crippen LogP contribution is -2.47. The monoisotopic (exact) mass is 336 g/mol. The number of piperidine rings is 1. The van der Waals surface area contributed by atoms with Gasteiger partial charge in [0.2, 0.25) is 5.91 Å². The van der Waals surface area contributed by atoms with Crippen molar-refractivity contribution in [1.29, 1.82) is 0 Å². The molecule has 2 fully saturated rings. The minimum Gasteiger partial charge on any atom is -0.371 e. The van der Waals surface area contributed by atoms with Crippen LogP contribution in [0.1, 0.15) is 25.1 Å². The second-order valence-corrected chi connectivity index (χ2v) is 7.19. The molecule has 0 aliphatic carbocycles. The second kappa shape index (κ2) is 7.21. The summed E-state index contributed by atoms with van der Waals surface area (Å²) >= 11 is 0. The van der Waals surface area contributed by atoms with Gasteiger partial charge in [-0.15, -0.1) is 0 Å². The van der Waals surface area contributed by atoms with Gasteiger partial charge in [-0.3, -0.25) is 9.69 Å². The van der Waals surface area contributed by atoms with Crippen molar-refractivity contribution in [3.05, 3.63) is 18.2 Å². The highest BCUT2D eigenvalue weighted by atomic mass is 16.6. The molecule has 1 aromatic heterocycles. The van der Waals surface area contributed by atoms with Crippen molar-refractivity contribution in [1.82, 2.24) is 19.4 Å². The third kappa shape index (κ3) is 3.96. The summed E-state index contributed by atoms with van der Waals surface area (Å²) in [6.45, 7) is 3.54. The number of carbonyl (C=O) groups is 1. The molecule has 0 bridgehead atoms. The summed E-state index contributed by atoms with van der Waals surface area (Å²) in [6, 6.07) is 0. The molecule has 2 atom stereocenters. The molecule has 1 spiro atoms. The van der Waals surface area contributed by atoms with E-state index in [1.54, 1.807) is 19.0 Å². The van der Waals surface area contributed by atoms with Crippen molar-refractivity contribution in [2.75, 3.05) is 40.4 Å². The van der Waals surface area contributed by atoms with E-state index in [0.29, 0.717) is 6.61 Å². The molecule has 2 saturated heterocycles. The number of rotatable bonds is 5. The second-order valence-electron chi connectivity index (χ2n) is 7.19. The molecule has 0 N–H and O–H groups in total. The Morgan fingerprint density at radius 1 is 1.54 bits per heavy atom. The summed E-state index contributed by atoms with van der Waals surface area (Å²) in [5, 5.41) is 0. The first-order valence-electron chi connectivity index (χ1n) is 8.62. The number of aromatic nitrogens is 2. The largest absolute Gasteiger partial charge is 0.371 e. The molecule has 2 aliphatic heterocycles. The number of aryl methyl sites for hydroxylation is 1. The number of carbonyl (C=O) groups excluding carboxylic acids is 1. The molecule has 0 unspecified atom stereocenters. The van der Waals surface area contributed by atoms with Crippen molar-refractivity contribution < 1.29 is 14.3 Å². The number of imidazole rings is 1. The molecule has 1 amide bonds. The summed E-state index contributed by atoms with van der Waals surface area (Å²) in [5.41, 5.74) is -0.130. The lowest BCUT2D eigenvalue weighted by Gasteiger charge is -2.39. The molecule has 24 heavy (non-hydrogen) atoms. The predicted octanol–water partition coefficient (Wildman–Crippen LogP) is 0.648. The van der Waals surface area contributed by atoms with E-state index in [0.717, 1.165) is 44.7 Å². The lowest BCUT2D eigenvalue weighted by atomic mass is 9.89. The van der Waals surface area contributed by atoms with E-state index in [2.05, 4.69) is 14.5 Å². The zero-order valence-electron chi connectivity index (χ0n) is 14.9. The number of amides is 1. The summed E-state index contributed by atoms with van der Waals surface area (Å²) in [7, 11) is 5.52. The van der Waals surface area contributed by atoms with E-state index in [1.165, 1.54) is 0 Å². The Morgan fingerprint density at radius 3 is 3.08 bits per heavy atom. The first-order chi connectivity index (χ1) is 11.5. The summed E-state index contributed by atoms with van der Waals surface area (Å²) < 4.78 is 14.0. The molecule has 1 aromatic rings. The minimum absolute atomic E-state index is 0.00370. The first-order valence-corrected chi connectivity index (χ1v) is 8.62. The zero-order chi connectivity index (χ0) is 17.2. The molecule has 0 radical (unpaired) electrons. The number of hydrogen-bond acceptors (Lipinski definition) is 5. The van der Waals surface area contributed by atoms with Gasteiger partial charge in [-0.25, -0.2) is 4.98 Å². The van der Waals surface area contributed by atoms with Gasteiger partial charge in [-0.05, 0) is 19.4 Å². The minimum atomic E-state index is -0.130. The standard InChI is InChI=1S/C17H28N4O3/c1-19(2)16(22)12-23-14-9-17(24-11-14)5-4-7-21(13-17)10-15-18-6-8-20(15)3/h6,8,14H,4-5,7,9-13H2,1-3H3/t14-,17+/m0/s1.